The molecule has 154 valence electrons. The van der Waals surface area contributed by atoms with Gasteiger partial charge in [-0.05, 0) is 42.3 Å². The summed E-state index contributed by atoms with van der Waals surface area (Å²) >= 11 is 0. The standard InChI is InChI=1S/C30H23NO/c1-29(2)27(24-15-7-4-8-16-24)31-30(28(29)32,21-20-22-12-5-3-6-13-22)26-19-11-17-23-14-9-10-18-25(23)26/h3-19H,1-2H3. The minimum Gasteiger partial charge on any atom is -0.294 e. The van der Waals surface area contributed by atoms with Crippen molar-refractivity contribution in [3.8, 4) is 11.8 Å². The first-order valence-electron chi connectivity index (χ1n) is 10.8. The van der Waals surface area contributed by atoms with E-state index in [1.807, 2.05) is 105 Å². The third-order valence-electron chi connectivity index (χ3n) is 6.16. The first kappa shape index (κ1) is 20.0. The molecule has 1 aliphatic heterocycles. The summed E-state index contributed by atoms with van der Waals surface area (Å²) in [6, 6.07) is 33.9. The monoisotopic (exact) mass is 413 g/mol. The number of rotatable bonds is 2. The van der Waals surface area contributed by atoms with E-state index in [2.05, 4.69) is 24.0 Å². The Bertz CT molecular complexity index is 1400. The number of carbonyl (C=O) groups is 1. The van der Waals surface area contributed by atoms with E-state index in [4.69, 9.17) is 4.99 Å². The molecule has 0 aromatic heterocycles. The number of hydrogen-bond donors (Lipinski definition) is 0. The van der Waals surface area contributed by atoms with Crippen molar-refractivity contribution in [3.63, 3.8) is 0 Å². The average molecular weight is 414 g/mol. The van der Waals surface area contributed by atoms with E-state index in [-0.39, 0.29) is 5.78 Å². The predicted molar refractivity (Wildman–Crippen MR) is 131 cm³/mol. The summed E-state index contributed by atoms with van der Waals surface area (Å²) in [5.74, 6) is 6.59. The van der Waals surface area contributed by atoms with Gasteiger partial charge in [0.15, 0.2) is 5.78 Å². The second-order valence-corrected chi connectivity index (χ2v) is 8.63. The molecule has 0 saturated heterocycles. The maximum absolute atomic E-state index is 14.2. The molecule has 5 rings (SSSR count). The zero-order chi connectivity index (χ0) is 22.2. The van der Waals surface area contributed by atoms with Gasteiger partial charge in [0.1, 0.15) is 0 Å². The summed E-state index contributed by atoms with van der Waals surface area (Å²) in [6.45, 7) is 3.91. The van der Waals surface area contributed by atoms with Gasteiger partial charge in [0.2, 0.25) is 5.54 Å². The van der Waals surface area contributed by atoms with Crippen LogP contribution in [0.1, 0.15) is 30.5 Å². The summed E-state index contributed by atoms with van der Waals surface area (Å²) < 4.78 is 0. The van der Waals surface area contributed by atoms with Crippen LogP contribution in [0.4, 0.5) is 0 Å². The van der Waals surface area contributed by atoms with E-state index in [9.17, 15) is 4.79 Å². The van der Waals surface area contributed by atoms with Crippen LogP contribution in [-0.4, -0.2) is 11.5 Å². The van der Waals surface area contributed by atoms with Gasteiger partial charge in [0, 0.05) is 11.1 Å². The number of nitrogens with zero attached hydrogens (tertiary/aromatic N) is 1. The molecule has 4 aromatic carbocycles. The molecule has 0 bridgehead atoms. The van der Waals surface area contributed by atoms with Gasteiger partial charge in [-0.25, -0.2) is 0 Å². The average Bonchev–Trinajstić information content (AvgIpc) is 3.05. The lowest BCUT2D eigenvalue weighted by Gasteiger charge is -2.25. The normalized spacial score (nSPS) is 19.3. The van der Waals surface area contributed by atoms with Gasteiger partial charge in [0.05, 0.1) is 11.1 Å². The van der Waals surface area contributed by atoms with Crippen LogP contribution >= 0.6 is 0 Å². The molecule has 1 unspecified atom stereocenters. The lowest BCUT2D eigenvalue weighted by Crippen LogP contribution is -2.38. The first-order valence-corrected chi connectivity index (χ1v) is 10.8. The fourth-order valence-corrected chi connectivity index (χ4v) is 4.50. The molecule has 1 heterocycles. The van der Waals surface area contributed by atoms with Crippen molar-refractivity contribution in [1.82, 2.24) is 0 Å². The molecule has 0 amide bonds. The van der Waals surface area contributed by atoms with Crippen LogP contribution in [0.2, 0.25) is 0 Å². The van der Waals surface area contributed by atoms with E-state index < -0.39 is 11.0 Å². The van der Waals surface area contributed by atoms with Gasteiger partial charge in [-0.3, -0.25) is 9.79 Å². The predicted octanol–water partition coefficient (Wildman–Crippen LogP) is 6.19. The number of fused-ring (bicyclic) bond motifs is 1. The van der Waals surface area contributed by atoms with Gasteiger partial charge < -0.3 is 0 Å². The second-order valence-electron chi connectivity index (χ2n) is 8.63. The topological polar surface area (TPSA) is 29.4 Å². The minimum absolute atomic E-state index is 0.00337. The number of Topliss-reactive ketones (excluding diaryl/α,β-unsaturated/α-hetero) is 1. The molecule has 0 aliphatic carbocycles. The van der Waals surface area contributed by atoms with Crippen molar-refractivity contribution in [3.05, 3.63) is 120 Å². The van der Waals surface area contributed by atoms with Crippen LogP contribution in [0, 0.1) is 17.3 Å². The van der Waals surface area contributed by atoms with E-state index in [1.54, 1.807) is 0 Å². The third-order valence-corrected chi connectivity index (χ3v) is 6.16. The Morgan fingerprint density at radius 2 is 1.34 bits per heavy atom. The van der Waals surface area contributed by atoms with Crippen LogP contribution < -0.4 is 0 Å². The molecule has 2 nitrogen and oxygen atoms in total. The molecule has 4 aromatic rings. The first-order chi connectivity index (χ1) is 15.5. The molecule has 0 saturated carbocycles. The molecule has 0 spiro atoms. The number of carbonyl (C=O) groups excluding carboxylic acids is 1. The maximum Gasteiger partial charge on any atom is 0.206 e. The van der Waals surface area contributed by atoms with Gasteiger partial charge in [-0.2, -0.15) is 0 Å². The van der Waals surface area contributed by atoms with Crippen LogP contribution in [-0.2, 0) is 10.3 Å². The Morgan fingerprint density at radius 3 is 2.09 bits per heavy atom. The summed E-state index contributed by atoms with van der Waals surface area (Å²) in [4.78, 5) is 19.3. The quantitative estimate of drug-likeness (QED) is 0.361. The third kappa shape index (κ3) is 3.15. The Hall–Kier alpha value is -3.96. The van der Waals surface area contributed by atoms with Crippen molar-refractivity contribution in [1.29, 1.82) is 0 Å². The second kappa shape index (κ2) is 7.62. The van der Waals surface area contributed by atoms with Crippen molar-refractivity contribution in [2.45, 2.75) is 19.4 Å². The Balaban J connectivity index is 1.83. The molecule has 32 heavy (non-hydrogen) atoms. The summed E-state index contributed by atoms with van der Waals surface area (Å²) in [5, 5.41) is 2.07. The smallest absolute Gasteiger partial charge is 0.206 e. The lowest BCUT2D eigenvalue weighted by molar-refractivity contribution is -0.126. The molecule has 2 heteroatoms. The van der Waals surface area contributed by atoms with Gasteiger partial charge >= 0.3 is 0 Å². The highest BCUT2D eigenvalue weighted by molar-refractivity contribution is 6.25. The molecule has 1 atom stereocenters. The molecule has 0 N–H and O–H groups in total. The molecule has 1 aliphatic rings. The Labute approximate surface area is 188 Å². The zero-order valence-corrected chi connectivity index (χ0v) is 18.2. The number of ketones is 1. The molecular formula is C30H23NO. The highest BCUT2D eigenvalue weighted by atomic mass is 16.1. The molecule has 0 fully saturated rings. The molecule has 0 radical (unpaired) electrons. The van der Waals surface area contributed by atoms with E-state index >= 15 is 0 Å². The van der Waals surface area contributed by atoms with Crippen LogP contribution in [0.15, 0.2) is 108 Å². The summed E-state index contributed by atoms with van der Waals surface area (Å²) in [5.41, 5.74) is 1.38. The summed E-state index contributed by atoms with van der Waals surface area (Å²) in [7, 11) is 0. The van der Waals surface area contributed by atoms with Gasteiger partial charge in [0.25, 0.3) is 0 Å². The largest absolute Gasteiger partial charge is 0.294 e. The lowest BCUT2D eigenvalue weighted by atomic mass is 9.73. The maximum atomic E-state index is 14.2. The van der Waals surface area contributed by atoms with Gasteiger partial charge in [-0.15, -0.1) is 0 Å². The SMILES string of the molecule is CC1(C)C(=O)C(C#Cc2ccccc2)(c2cccc3ccccc23)N=C1c1ccccc1. The van der Waals surface area contributed by atoms with E-state index in [0.29, 0.717) is 0 Å². The Kier molecular flexibility index (Phi) is 4.76. The fraction of sp³-hybridized carbons (Fsp3) is 0.133. The molecular weight excluding hydrogens is 390 g/mol. The summed E-state index contributed by atoms with van der Waals surface area (Å²) in [6.07, 6.45) is 0. The fourth-order valence-electron chi connectivity index (χ4n) is 4.50. The van der Waals surface area contributed by atoms with Crippen LogP contribution in [0.5, 0.6) is 0 Å². The Morgan fingerprint density at radius 1 is 0.719 bits per heavy atom. The van der Waals surface area contributed by atoms with E-state index in [1.165, 1.54) is 0 Å². The number of hydrogen-bond acceptors (Lipinski definition) is 2. The van der Waals surface area contributed by atoms with Crippen molar-refractivity contribution < 1.29 is 4.79 Å². The van der Waals surface area contributed by atoms with Crippen molar-refractivity contribution in [2.75, 3.05) is 0 Å². The van der Waals surface area contributed by atoms with Crippen LogP contribution in [0.3, 0.4) is 0 Å². The number of aliphatic imine (C=N–C) groups is 1. The van der Waals surface area contributed by atoms with Crippen molar-refractivity contribution in [2.24, 2.45) is 10.4 Å². The minimum atomic E-state index is -1.27. The van der Waals surface area contributed by atoms with Crippen molar-refractivity contribution >= 4 is 22.3 Å². The highest BCUT2D eigenvalue weighted by Gasteiger charge is 2.55. The number of benzene rings is 4. The highest BCUT2D eigenvalue weighted by Crippen LogP contribution is 2.45. The van der Waals surface area contributed by atoms with Crippen LogP contribution in [0.25, 0.3) is 10.8 Å². The zero-order valence-electron chi connectivity index (χ0n) is 18.2. The van der Waals surface area contributed by atoms with Gasteiger partial charge in [-0.1, -0.05) is 103 Å². The van der Waals surface area contributed by atoms with E-state index in [0.717, 1.165) is 33.2 Å².